The number of benzene rings is 1. The van der Waals surface area contributed by atoms with E-state index in [-0.39, 0.29) is 34.9 Å². The first kappa shape index (κ1) is 23.2. The van der Waals surface area contributed by atoms with E-state index in [1.54, 1.807) is 0 Å². The van der Waals surface area contributed by atoms with Gasteiger partial charge in [0.1, 0.15) is 15.5 Å². The number of carboxylic acid groups (broad SMARTS) is 1. The molecule has 1 unspecified atom stereocenters. The van der Waals surface area contributed by atoms with E-state index in [2.05, 4.69) is 20.0 Å². The fourth-order valence-electron chi connectivity index (χ4n) is 3.50. The number of pyridine rings is 1. The van der Waals surface area contributed by atoms with Crippen molar-refractivity contribution in [1.82, 2.24) is 19.6 Å². The SMILES string of the molecule is O=C(O)C1(c2nc3cc[nH]c(=O)c3s2)CNCCN1S(=O)(=O)c1ccc(OC(F)(F)F)cc1. The van der Waals surface area contributed by atoms with E-state index in [9.17, 15) is 36.3 Å². The van der Waals surface area contributed by atoms with Crippen LogP contribution in [0, 0.1) is 0 Å². The first-order valence-corrected chi connectivity index (χ1v) is 11.5. The lowest BCUT2D eigenvalue weighted by atomic mass is 9.98. The number of thiazole rings is 1. The Kier molecular flexibility index (Phi) is 5.68. The number of halogens is 3. The summed E-state index contributed by atoms with van der Waals surface area (Å²) in [5, 5.41) is 12.9. The molecule has 33 heavy (non-hydrogen) atoms. The van der Waals surface area contributed by atoms with Crippen LogP contribution in [-0.2, 0) is 20.4 Å². The van der Waals surface area contributed by atoms with Gasteiger partial charge in [0.25, 0.3) is 5.56 Å². The lowest BCUT2D eigenvalue weighted by Crippen LogP contribution is -2.64. The molecule has 1 fully saturated rings. The van der Waals surface area contributed by atoms with Crippen LogP contribution < -0.4 is 15.6 Å². The number of aromatic nitrogens is 2. The standard InChI is InChI=1S/C18H15F3N4O6S2/c19-18(20,21)31-10-1-3-11(4-2-10)33(29,30)25-8-7-22-9-17(25,16(27)28)15-24-12-5-6-23-14(26)13(12)32-15/h1-6,22H,7-9H2,(H,23,26)(H,27,28). The predicted molar refractivity (Wildman–Crippen MR) is 109 cm³/mol. The van der Waals surface area contributed by atoms with E-state index in [1.807, 2.05) is 0 Å². The number of hydrogen-bond acceptors (Lipinski definition) is 8. The van der Waals surface area contributed by atoms with Gasteiger partial charge in [-0.1, -0.05) is 0 Å². The van der Waals surface area contributed by atoms with Crippen molar-refractivity contribution >= 4 is 37.5 Å². The third-order valence-corrected chi connectivity index (χ3v) is 8.13. The highest BCUT2D eigenvalue weighted by atomic mass is 32.2. The number of sulfonamides is 1. The first-order chi connectivity index (χ1) is 15.4. The Morgan fingerprint density at radius 3 is 2.55 bits per heavy atom. The number of fused-ring (bicyclic) bond motifs is 1. The van der Waals surface area contributed by atoms with Crippen molar-refractivity contribution in [1.29, 1.82) is 0 Å². The second-order valence-electron chi connectivity index (χ2n) is 6.98. The van der Waals surface area contributed by atoms with Crippen LogP contribution in [-0.4, -0.2) is 59.8 Å². The summed E-state index contributed by atoms with van der Waals surface area (Å²) in [6.07, 6.45) is -3.62. The normalized spacial score (nSPS) is 20.1. The molecule has 15 heteroatoms. The van der Waals surface area contributed by atoms with Crippen LogP contribution in [0.15, 0.2) is 46.2 Å². The van der Waals surface area contributed by atoms with Gasteiger partial charge in [0, 0.05) is 25.8 Å². The number of aliphatic carboxylic acids is 1. The van der Waals surface area contributed by atoms with Gasteiger partial charge < -0.3 is 20.1 Å². The Bertz CT molecular complexity index is 1370. The Morgan fingerprint density at radius 2 is 1.94 bits per heavy atom. The minimum absolute atomic E-state index is 0.120. The van der Waals surface area contributed by atoms with Crippen molar-refractivity contribution < 1.29 is 36.2 Å². The summed E-state index contributed by atoms with van der Waals surface area (Å²) in [6, 6.07) is 4.90. The molecule has 0 spiro atoms. The fraction of sp³-hybridized carbons (Fsp3) is 0.278. The quantitative estimate of drug-likeness (QED) is 0.474. The average Bonchev–Trinajstić information content (AvgIpc) is 3.19. The Morgan fingerprint density at radius 1 is 1.24 bits per heavy atom. The Labute approximate surface area is 187 Å². The van der Waals surface area contributed by atoms with Crippen LogP contribution in [0.4, 0.5) is 13.2 Å². The van der Waals surface area contributed by atoms with E-state index in [4.69, 9.17) is 0 Å². The zero-order valence-corrected chi connectivity index (χ0v) is 18.1. The number of alkyl halides is 3. The second-order valence-corrected chi connectivity index (χ2v) is 9.84. The summed E-state index contributed by atoms with van der Waals surface area (Å²) in [7, 11) is -4.51. The van der Waals surface area contributed by atoms with Gasteiger partial charge in [0.15, 0.2) is 5.54 Å². The van der Waals surface area contributed by atoms with Crippen molar-refractivity contribution in [2.45, 2.75) is 16.8 Å². The number of H-pyrrole nitrogens is 1. The van der Waals surface area contributed by atoms with Crippen LogP contribution in [0.3, 0.4) is 0 Å². The Hall–Kier alpha value is -3.01. The molecule has 3 aromatic rings. The van der Waals surface area contributed by atoms with Gasteiger partial charge in [-0.15, -0.1) is 24.5 Å². The molecule has 0 bridgehead atoms. The smallest absolute Gasteiger partial charge is 0.479 e. The van der Waals surface area contributed by atoms with Gasteiger partial charge in [-0.3, -0.25) is 4.79 Å². The highest BCUT2D eigenvalue weighted by Gasteiger charge is 2.55. The maximum atomic E-state index is 13.4. The molecular formula is C18H15F3N4O6S2. The summed E-state index contributed by atoms with van der Waals surface area (Å²) in [5.74, 6) is -2.15. The molecular weight excluding hydrogens is 489 g/mol. The molecule has 0 saturated carbocycles. The third kappa shape index (κ3) is 4.07. The van der Waals surface area contributed by atoms with Gasteiger partial charge in [-0.05, 0) is 30.3 Å². The molecule has 1 saturated heterocycles. The summed E-state index contributed by atoms with van der Waals surface area (Å²) in [6.45, 7) is -0.481. The predicted octanol–water partition coefficient (Wildman–Crippen LogP) is 1.46. The maximum absolute atomic E-state index is 13.4. The molecule has 1 aliphatic rings. The Balaban J connectivity index is 1.82. The van der Waals surface area contributed by atoms with E-state index in [1.165, 1.54) is 12.3 Å². The van der Waals surface area contributed by atoms with Crippen LogP contribution >= 0.6 is 11.3 Å². The van der Waals surface area contributed by atoms with Gasteiger partial charge in [-0.25, -0.2) is 18.2 Å². The zero-order valence-electron chi connectivity index (χ0n) is 16.4. The second kappa shape index (κ2) is 8.09. The molecule has 176 valence electrons. The molecule has 0 radical (unpaired) electrons. The molecule has 1 aliphatic heterocycles. The van der Waals surface area contributed by atoms with Crippen LogP contribution in [0.2, 0.25) is 0 Å². The molecule has 0 aliphatic carbocycles. The molecule has 1 aromatic carbocycles. The van der Waals surface area contributed by atoms with Crippen LogP contribution in [0.1, 0.15) is 5.01 Å². The molecule has 10 nitrogen and oxygen atoms in total. The summed E-state index contributed by atoms with van der Waals surface area (Å²) >= 11 is 0.755. The number of piperazine rings is 1. The molecule has 2 aromatic heterocycles. The van der Waals surface area contributed by atoms with Gasteiger partial charge in [0.2, 0.25) is 10.0 Å². The minimum Gasteiger partial charge on any atom is -0.479 e. The van der Waals surface area contributed by atoms with Crippen LogP contribution in [0.5, 0.6) is 5.75 Å². The summed E-state index contributed by atoms with van der Waals surface area (Å²) in [5.41, 5.74) is -2.49. The average molecular weight is 504 g/mol. The lowest BCUT2D eigenvalue weighted by Gasteiger charge is -2.41. The van der Waals surface area contributed by atoms with E-state index in [0.29, 0.717) is 0 Å². The minimum atomic E-state index is -4.96. The van der Waals surface area contributed by atoms with E-state index in [0.717, 1.165) is 39.9 Å². The molecule has 0 amide bonds. The van der Waals surface area contributed by atoms with Crippen molar-refractivity contribution in [2.75, 3.05) is 19.6 Å². The number of carboxylic acids is 1. The zero-order chi connectivity index (χ0) is 24.0. The number of nitrogens with zero attached hydrogens (tertiary/aromatic N) is 2. The van der Waals surface area contributed by atoms with Gasteiger partial charge in [-0.2, -0.15) is 4.31 Å². The molecule has 1 atom stereocenters. The lowest BCUT2D eigenvalue weighted by molar-refractivity contribution is -0.274. The first-order valence-electron chi connectivity index (χ1n) is 9.27. The van der Waals surface area contributed by atoms with E-state index < -0.39 is 44.1 Å². The largest absolute Gasteiger partial charge is 0.573 e. The van der Waals surface area contributed by atoms with Crippen molar-refractivity contribution in [3.05, 3.63) is 51.9 Å². The maximum Gasteiger partial charge on any atom is 0.573 e. The number of rotatable bonds is 5. The number of hydrogen-bond donors (Lipinski definition) is 3. The number of ether oxygens (including phenoxy) is 1. The van der Waals surface area contributed by atoms with Crippen molar-refractivity contribution in [2.24, 2.45) is 0 Å². The van der Waals surface area contributed by atoms with Crippen LogP contribution in [0.25, 0.3) is 10.2 Å². The molecule has 3 N–H and O–H groups in total. The van der Waals surface area contributed by atoms with E-state index >= 15 is 0 Å². The molecule has 4 rings (SSSR count). The number of nitrogens with one attached hydrogen (secondary N) is 2. The fourth-order valence-corrected chi connectivity index (χ4v) is 6.41. The number of carbonyl (C=O) groups is 1. The van der Waals surface area contributed by atoms with Gasteiger partial charge in [0.05, 0.1) is 10.4 Å². The third-order valence-electron chi connectivity index (χ3n) is 4.97. The van der Waals surface area contributed by atoms with Gasteiger partial charge >= 0.3 is 12.3 Å². The van der Waals surface area contributed by atoms with Crippen molar-refractivity contribution in [3.63, 3.8) is 0 Å². The highest BCUT2D eigenvalue weighted by Crippen LogP contribution is 2.39. The van der Waals surface area contributed by atoms with Crippen molar-refractivity contribution in [3.8, 4) is 5.75 Å². The number of aromatic amines is 1. The monoisotopic (exact) mass is 504 g/mol. The molecule has 3 heterocycles. The topological polar surface area (TPSA) is 142 Å². The summed E-state index contributed by atoms with van der Waals surface area (Å²) in [4.78, 5) is 30.9. The highest BCUT2D eigenvalue weighted by molar-refractivity contribution is 7.89. The summed E-state index contributed by atoms with van der Waals surface area (Å²) < 4.78 is 68.7.